The van der Waals surface area contributed by atoms with Gasteiger partial charge in [-0.1, -0.05) is 0 Å². The smallest absolute Gasteiger partial charge is 0.335 e. The van der Waals surface area contributed by atoms with Crippen LogP contribution in [0.3, 0.4) is 0 Å². The molecule has 1 aromatic carbocycles. The van der Waals surface area contributed by atoms with Crippen molar-refractivity contribution in [3.05, 3.63) is 74.9 Å². The van der Waals surface area contributed by atoms with Gasteiger partial charge in [-0.15, -0.1) is 11.3 Å². The maximum absolute atomic E-state index is 14.0. The number of ether oxygens (including phenoxy) is 1. The molecule has 4 atom stereocenters. The number of benzene rings is 1. The lowest BCUT2D eigenvalue weighted by atomic mass is 9.93. The Balaban J connectivity index is 1.34. The lowest BCUT2D eigenvalue weighted by Gasteiger charge is -2.25. The van der Waals surface area contributed by atoms with Gasteiger partial charge in [0, 0.05) is 19.3 Å². The first-order valence-electron chi connectivity index (χ1n) is 11.7. The first-order valence-corrected chi connectivity index (χ1v) is 14.0. The largest absolute Gasteiger partial charge is 0.390 e. The summed E-state index contributed by atoms with van der Waals surface area (Å²) in [6.07, 6.45) is 0.811. The van der Waals surface area contributed by atoms with Gasteiger partial charge in [-0.25, -0.2) is 18.7 Å². The number of hydrogen-bond donors (Lipinski definition) is 3. The van der Waals surface area contributed by atoms with Crippen LogP contribution < -0.4 is 10.0 Å². The number of anilines is 1. The highest BCUT2D eigenvalue weighted by molar-refractivity contribution is 7.84. The third-order valence-corrected chi connectivity index (χ3v) is 8.48. The average molecular weight is 567 g/mol. The van der Waals surface area contributed by atoms with Crippen LogP contribution in [0.25, 0.3) is 0 Å². The summed E-state index contributed by atoms with van der Waals surface area (Å²) in [5, 5.41) is 15.1. The fourth-order valence-corrected chi connectivity index (χ4v) is 6.17. The number of hydrogen-bond acceptors (Lipinski definition) is 10. The summed E-state index contributed by atoms with van der Waals surface area (Å²) in [6.45, 7) is 0.329. The highest BCUT2D eigenvalue weighted by Crippen LogP contribution is 2.37. The second-order valence-electron chi connectivity index (χ2n) is 9.00. The van der Waals surface area contributed by atoms with E-state index in [1.165, 1.54) is 37.0 Å². The molecule has 0 bridgehead atoms. The molecule has 1 saturated carbocycles. The van der Waals surface area contributed by atoms with Gasteiger partial charge in [0.2, 0.25) is 5.78 Å². The van der Waals surface area contributed by atoms with Crippen LogP contribution in [0.15, 0.2) is 36.1 Å². The van der Waals surface area contributed by atoms with E-state index in [0.29, 0.717) is 34.6 Å². The third-order valence-electron chi connectivity index (χ3n) is 6.54. The van der Waals surface area contributed by atoms with Crippen LogP contribution in [0.1, 0.15) is 50.9 Å². The van der Waals surface area contributed by atoms with Crippen LogP contribution in [-0.2, 0) is 25.6 Å². The number of fused-ring (bicyclic) bond motifs is 1. The van der Waals surface area contributed by atoms with Gasteiger partial charge in [-0.2, -0.15) is 13.1 Å². The first-order chi connectivity index (χ1) is 18.1. The molecule has 10 nitrogen and oxygen atoms in total. The van der Waals surface area contributed by atoms with Gasteiger partial charge in [0.25, 0.3) is 0 Å². The van der Waals surface area contributed by atoms with E-state index in [1.54, 1.807) is 11.4 Å². The fourth-order valence-electron chi connectivity index (χ4n) is 4.67. The Morgan fingerprint density at radius 3 is 2.82 bits per heavy atom. The molecule has 0 saturated heterocycles. The SMILES string of the molecule is CNS(=O)(=O)O[C@@H]1C[C@H](Nc2ncncc2C(=O)c2cc([C@H]3OCCc4cc(F)c(F)cc43)cs2)C[C@@H]1O. The molecule has 1 aliphatic heterocycles. The first kappa shape index (κ1) is 26.7. The Labute approximate surface area is 221 Å². The molecule has 5 rings (SSSR count). The van der Waals surface area contributed by atoms with E-state index in [4.69, 9.17) is 8.92 Å². The predicted octanol–water partition coefficient (Wildman–Crippen LogP) is 2.49. The predicted molar refractivity (Wildman–Crippen MR) is 133 cm³/mol. The minimum atomic E-state index is -3.99. The van der Waals surface area contributed by atoms with Crippen LogP contribution in [0.4, 0.5) is 14.6 Å². The summed E-state index contributed by atoms with van der Waals surface area (Å²) in [7, 11) is -2.78. The molecule has 2 aliphatic rings. The number of nitrogens with zero attached hydrogens (tertiary/aromatic N) is 2. The van der Waals surface area contributed by atoms with Crippen LogP contribution in [0, 0.1) is 11.6 Å². The summed E-state index contributed by atoms with van der Waals surface area (Å²) in [5.74, 6) is -2.01. The van der Waals surface area contributed by atoms with E-state index < -0.39 is 46.3 Å². The molecule has 2 aromatic heterocycles. The van der Waals surface area contributed by atoms with Crippen molar-refractivity contribution >= 4 is 33.2 Å². The van der Waals surface area contributed by atoms with Crippen molar-refractivity contribution in [3.8, 4) is 0 Å². The number of rotatable bonds is 8. The van der Waals surface area contributed by atoms with Gasteiger partial charge < -0.3 is 15.2 Å². The van der Waals surface area contributed by atoms with E-state index in [2.05, 4.69) is 15.3 Å². The third kappa shape index (κ3) is 5.46. The molecule has 202 valence electrons. The zero-order valence-corrected chi connectivity index (χ0v) is 21.7. The number of aliphatic hydroxyl groups excluding tert-OH is 1. The van der Waals surface area contributed by atoms with Crippen LogP contribution in [0.5, 0.6) is 0 Å². The molecule has 3 heterocycles. The highest BCUT2D eigenvalue weighted by atomic mass is 32.2. The zero-order chi connectivity index (χ0) is 27.0. The molecular weight excluding hydrogens is 542 g/mol. The number of aliphatic hydroxyl groups is 1. The highest BCUT2D eigenvalue weighted by Gasteiger charge is 2.37. The number of carbonyl (C=O) groups excluding carboxylic acids is 1. The summed E-state index contributed by atoms with van der Waals surface area (Å²) < 4.78 is 64.0. The molecule has 0 amide bonds. The Bertz CT molecular complexity index is 1470. The summed E-state index contributed by atoms with van der Waals surface area (Å²) >= 11 is 1.17. The Morgan fingerprint density at radius 2 is 2.03 bits per heavy atom. The van der Waals surface area contributed by atoms with Crippen molar-refractivity contribution in [1.82, 2.24) is 14.7 Å². The molecule has 1 aliphatic carbocycles. The molecular formula is C24H24F2N4O6S2. The number of thiophene rings is 1. The van der Waals surface area contributed by atoms with Gasteiger partial charge in [0.05, 0.1) is 23.2 Å². The lowest BCUT2D eigenvalue weighted by molar-refractivity contribution is 0.0636. The molecule has 1 fully saturated rings. The summed E-state index contributed by atoms with van der Waals surface area (Å²) in [4.78, 5) is 21.9. The Hall–Kier alpha value is -2.88. The molecule has 3 N–H and O–H groups in total. The topological polar surface area (TPSA) is 140 Å². The van der Waals surface area contributed by atoms with Gasteiger partial charge in [-0.05, 0) is 59.5 Å². The average Bonchev–Trinajstić information content (AvgIpc) is 3.51. The van der Waals surface area contributed by atoms with E-state index in [1.807, 2.05) is 4.72 Å². The van der Waals surface area contributed by atoms with Gasteiger partial charge in [-0.3, -0.25) is 8.98 Å². The van der Waals surface area contributed by atoms with Crippen molar-refractivity contribution in [3.63, 3.8) is 0 Å². The molecule has 14 heteroatoms. The van der Waals surface area contributed by atoms with E-state index >= 15 is 0 Å². The van der Waals surface area contributed by atoms with Gasteiger partial charge in [0.15, 0.2) is 11.6 Å². The minimum absolute atomic E-state index is 0.165. The van der Waals surface area contributed by atoms with Crippen LogP contribution in [0.2, 0.25) is 0 Å². The normalized spacial score (nSPS) is 23.3. The second-order valence-corrected chi connectivity index (χ2v) is 11.4. The van der Waals surface area contributed by atoms with Crippen LogP contribution >= 0.6 is 11.3 Å². The van der Waals surface area contributed by atoms with E-state index in [9.17, 15) is 27.1 Å². The number of aromatic nitrogens is 2. The molecule has 0 radical (unpaired) electrons. The maximum atomic E-state index is 14.0. The monoisotopic (exact) mass is 566 g/mol. The molecule has 38 heavy (non-hydrogen) atoms. The van der Waals surface area contributed by atoms with Crippen molar-refractivity contribution in [2.75, 3.05) is 19.0 Å². The van der Waals surface area contributed by atoms with Crippen LogP contribution in [-0.4, -0.2) is 61.2 Å². The summed E-state index contributed by atoms with van der Waals surface area (Å²) in [5.41, 5.74) is 2.00. The van der Waals surface area contributed by atoms with Crippen molar-refractivity contribution in [1.29, 1.82) is 0 Å². The maximum Gasteiger partial charge on any atom is 0.335 e. The van der Waals surface area contributed by atoms with Crippen molar-refractivity contribution < 1.29 is 36.0 Å². The Kier molecular flexibility index (Phi) is 7.53. The van der Waals surface area contributed by atoms with E-state index in [0.717, 1.165) is 6.07 Å². The molecule has 0 spiro atoms. The minimum Gasteiger partial charge on any atom is -0.390 e. The summed E-state index contributed by atoms with van der Waals surface area (Å²) in [6, 6.07) is 3.55. The Morgan fingerprint density at radius 1 is 1.24 bits per heavy atom. The number of ketones is 1. The zero-order valence-electron chi connectivity index (χ0n) is 20.1. The molecule has 0 unspecified atom stereocenters. The number of nitrogens with one attached hydrogen (secondary N) is 2. The van der Waals surface area contributed by atoms with E-state index in [-0.39, 0.29) is 30.0 Å². The standard InChI is InChI=1S/C24H24F2N4O6S2/c1-27-38(33,34)36-20-7-14(6-19(20)31)30-24-16(9-28-11-29-24)22(32)21-5-13(10-37-21)23-15-8-18(26)17(25)4-12(15)2-3-35-23/h4-5,8-11,14,19-20,23,27,31H,2-3,6-7H2,1H3,(H,28,29,30)/t14-,19+,20-,23-/m1/s1. The quantitative estimate of drug-likeness (QED) is 0.351. The fraction of sp³-hybridized carbons (Fsp3) is 0.375. The molecule has 3 aromatic rings. The van der Waals surface area contributed by atoms with Gasteiger partial charge in [0.1, 0.15) is 24.4 Å². The second kappa shape index (κ2) is 10.7. The van der Waals surface area contributed by atoms with Crippen molar-refractivity contribution in [2.24, 2.45) is 0 Å². The number of carbonyl (C=O) groups is 1. The lowest BCUT2D eigenvalue weighted by Crippen LogP contribution is -2.31. The van der Waals surface area contributed by atoms with Crippen molar-refractivity contribution in [2.45, 2.75) is 43.6 Å². The number of halogens is 2. The van der Waals surface area contributed by atoms with Gasteiger partial charge >= 0.3 is 10.3 Å².